The maximum atomic E-state index is 11.5. The molecule has 0 amide bonds. The first kappa shape index (κ1) is 16.2. The lowest BCUT2D eigenvalue weighted by molar-refractivity contribution is 0.574. The summed E-state index contributed by atoms with van der Waals surface area (Å²) in [5.41, 5.74) is 1.66. The quantitative estimate of drug-likeness (QED) is 0.727. The van der Waals surface area contributed by atoms with Crippen molar-refractivity contribution in [3.63, 3.8) is 0 Å². The van der Waals surface area contributed by atoms with Gasteiger partial charge < -0.3 is 9.73 Å². The molecule has 3 rings (SSSR count). The maximum absolute atomic E-state index is 11.5. The molecule has 9 heteroatoms. The molecule has 0 fully saturated rings. The van der Waals surface area contributed by atoms with Crippen LogP contribution in [0.15, 0.2) is 45.8 Å². The van der Waals surface area contributed by atoms with Crippen molar-refractivity contribution < 1.29 is 12.8 Å². The summed E-state index contributed by atoms with van der Waals surface area (Å²) in [6, 6.07) is 8.52. The summed E-state index contributed by atoms with van der Waals surface area (Å²) >= 11 is 0. The van der Waals surface area contributed by atoms with Gasteiger partial charge in [-0.3, -0.25) is 4.68 Å². The standard InChI is InChI=1S/C15H17N5O3S/c1-3-20-12(8-9-17-20)10-16-15-19-18-14(23-15)11-4-6-13(7-5-11)24(2,21)22/h4-9H,3,10H2,1-2H3,(H,16,19). The van der Waals surface area contributed by atoms with Crippen LogP contribution in [-0.4, -0.2) is 34.7 Å². The molecule has 1 aromatic carbocycles. The highest BCUT2D eigenvalue weighted by Crippen LogP contribution is 2.22. The van der Waals surface area contributed by atoms with E-state index in [9.17, 15) is 8.42 Å². The molecular formula is C15H17N5O3S. The Hall–Kier alpha value is -2.68. The van der Waals surface area contributed by atoms with Crippen LogP contribution in [0.3, 0.4) is 0 Å². The van der Waals surface area contributed by atoms with E-state index in [4.69, 9.17) is 4.42 Å². The highest BCUT2D eigenvalue weighted by atomic mass is 32.2. The van der Waals surface area contributed by atoms with Gasteiger partial charge in [-0.25, -0.2) is 8.42 Å². The molecule has 0 saturated carbocycles. The summed E-state index contributed by atoms with van der Waals surface area (Å²) in [6.07, 6.45) is 2.90. The van der Waals surface area contributed by atoms with Gasteiger partial charge >= 0.3 is 6.01 Å². The Kier molecular flexibility index (Phi) is 4.34. The summed E-state index contributed by atoms with van der Waals surface area (Å²) < 4.78 is 30.4. The third-order valence-electron chi connectivity index (χ3n) is 3.48. The van der Waals surface area contributed by atoms with Gasteiger partial charge in [-0.15, -0.1) is 5.10 Å². The largest absolute Gasteiger partial charge is 0.403 e. The Labute approximate surface area is 139 Å². The van der Waals surface area contributed by atoms with Crippen LogP contribution in [0.25, 0.3) is 11.5 Å². The second-order valence-corrected chi connectivity index (χ2v) is 7.22. The Morgan fingerprint density at radius 1 is 1.17 bits per heavy atom. The first-order chi connectivity index (χ1) is 11.5. The van der Waals surface area contributed by atoms with Crippen LogP contribution in [0, 0.1) is 0 Å². The zero-order valence-corrected chi connectivity index (χ0v) is 14.1. The predicted octanol–water partition coefficient (Wildman–Crippen LogP) is 1.97. The van der Waals surface area contributed by atoms with Crippen molar-refractivity contribution in [3.05, 3.63) is 42.2 Å². The molecule has 24 heavy (non-hydrogen) atoms. The summed E-state index contributed by atoms with van der Waals surface area (Å²) in [4.78, 5) is 0.247. The molecule has 8 nitrogen and oxygen atoms in total. The number of nitrogens with one attached hydrogen (secondary N) is 1. The van der Waals surface area contributed by atoms with Gasteiger partial charge in [-0.05, 0) is 37.3 Å². The molecule has 0 spiro atoms. The van der Waals surface area contributed by atoms with Crippen molar-refractivity contribution in [2.45, 2.75) is 24.9 Å². The molecule has 2 heterocycles. The first-order valence-corrected chi connectivity index (χ1v) is 9.25. The lowest BCUT2D eigenvalue weighted by atomic mass is 10.2. The van der Waals surface area contributed by atoms with Crippen molar-refractivity contribution in [1.82, 2.24) is 20.0 Å². The van der Waals surface area contributed by atoms with Gasteiger partial charge in [0, 0.05) is 24.6 Å². The highest BCUT2D eigenvalue weighted by Gasteiger charge is 2.11. The van der Waals surface area contributed by atoms with E-state index in [0.717, 1.165) is 18.5 Å². The Balaban J connectivity index is 1.71. The fraction of sp³-hybridized carbons (Fsp3) is 0.267. The average Bonchev–Trinajstić information content (AvgIpc) is 3.21. The lowest BCUT2D eigenvalue weighted by Gasteiger charge is -2.04. The second kappa shape index (κ2) is 6.44. The summed E-state index contributed by atoms with van der Waals surface area (Å²) in [6.45, 7) is 3.32. The van der Waals surface area contributed by atoms with Gasteiger partial charge in [0.05, 0.1) is 17.1 Å². The second-order valence-electron chi connectivity index (χ2n) is 5.20. The smallest absolute Gasteiger partial charge is 0.316 e. The van der Waals surface area contributed by atoms with Gasteiger partial charge in [0.1, 0.15) is 0 Å². The predicted molar refractivity (Wildman–Crippen MR) is 88.1 cm³/mol. The highest BCUT2D eigenvalue weighted by molar-refractivity contribution is 7.90. The van der Waals surface area contributed by atoms with Gasteiger partial charge in [-0.2, -0.15) is 5.10 Å². The van der Waals surface area contributed by atoms with Crippen molar-refractivity contribution in [1.29, 1.82) is 0 Å². The van der Waals surface area contributed by atoms with Crippen molar-refractivity contribution in [2.24, 2.45) is 0 Å². The molecule has 0 aliphatic heterocycles. The van der Waals surface area contributed by atoms with Crippen LogP contribution in [0.5, 0.6) is 0 Å². The average molecular weight is 347 g/mol. The van der Waals surface area contributed by atoms with Gasteiger partial charge in [0.25, 0.3) is 0 Å². The van der Waals surface area contributed by atoms with Gasteiger partial charge in [0.2, 0.25) is 5.89 Å². The maximum Gasteiger partial charge on any atom is 0.316 e. The van der Waals surface area contributed by atoms with Crippen LogP contribution in [0.1, 0.15) is 12.6 Å². The zero-order chi connectivity index (χ0) is 17.2. The topological polar surface area (TPSA) is 103 Å². The third-order valence-corrected chi connectivity index (χ3v) is 4.61. The molecule has 0 radical (unpaired) electrons. The minimum atomic E-state index is -3.22. The molecule has 2 aromatic heterocycles. The Morgan fingerprint density at radius 3 is 2.58 bits per heavy atom. The molecule has 1 N–H and O–H groups in total. The summed E-state index contributed by atoms with van der Waals surface area (Å²) in [7, 11) is -3.22. The number of benzene rings is 1. The molecule has 0 aliphatic carbocycles. The lowest BCUT2D eigenvalue weighted by Crippen LogP contribution is -2.07. The Bertz CT molecular complexity index is 928. The van der Waals surface area contributed by atoms with Crippen molar-refractivity contribution >= 4 is 15.9 Å². The van der Waals surface area contributed by atoms with Crippen LogP contribution in [-0.2, 0) is 22.9 Å². The number of nitrogens with zero attached hydrogens (tertiary/aromatic N) is 4. The summed E-state index contributed by atoms with van der Waals surface area (Å²) in [5.74, 6) is 0.321. The fourth-order valence-corrected chi connectivity index (χ4v) is 2.85. The minimum Gasteiger partial charge on any atom is -0.403 e. The molecule has 0 atom stereocenters. The van der Waals surface area contributed by atoms with E-state index in [2.05, 4.69) is 20.6 Å². The van der Waals surface area contributed by atoms with E-state index in [0.29, 0.717) is 24.0 Å². The molecule has 126 valence electrons. The van der Waals surface area contributed by atoms with Gasteiger partial charge in [-0.1, -0.05) is 5.10 Å². The number of hydrogen-bond donors (Lipinski definition) is 1. The third kappa shape index (κ3) is 3.46. The van der Waals surface area contributed by atoms with E-state index < -0.39 is 9.84 Å². The van der Waals surface area contributed by atoms with Crippen LogP contribution >= 0.6 is 0 Å². The van der Waals surface area contributed by atoms with Crippen LogP contribution in [0.4, 0.5) is 6.01 Å². The van der Waals surface area contributed by atoms with E-state index in [1.807, 2.05) is 17.7 Å². The molecule has 0 aliphatic rings. The first-order valence-electron chi connectivity index (χ1n) is 7.36. The number of anilines is 1. The number of rotatable bonds is 6. The zero-order valence-electron chi connectivity index (χ0n) is 13.3. The number of aryl methyl sites for hydroxylation is 1. The SMILES string of the molecule is CCn1nccc1CNc1nnc(-c2ccc(S(C)(=O)=O)cc2)o1. The van der Waals surface area contributed by atoms with Crippen molar-refractivity contribution in [3.8, 4) is 11.5 Å². The summed E-state index contributed by atoms with van der Waals surface area (Å²) in [5, 5.41) is 15.2. The number of hydrogen-bond acceptors (Lipinski definition) is 7. The molecule has 3 aromatic rings. The van der Waals surface area contributed by atoms with E-state index in [1.165, 1.54) is 12.1 Å². The molecule has 0 bridgehead atoms. The Morgan fingerprint density at radius 2 is 1.92 bits per heavy atom. The van der Waals surface area contributed by atoms with E-state index in [-0.39, 0.29) is 4.90 Å². The monoisotopic (exact) mass is 347 g/mol. The fourth-order valence-electron chi connectivity index (χ4n) is 2.22. The minimum absolute atomic E-state index is 0.247. The number of sulfone groups is 1. The normalized spacial score (nSPS) is 11.6. The van der Waals surface area contributed by atoms with Crippen molar-refractivity contribution in [2.75, 3.05) is 11.6 Å². The molecular weight excluding hydrogens is 330 g/mol. The van der Waals surface area contributed by atoms with Crippen LogP contribution < -0.4 is 5.32 Å². The van der Waals surface area contributed by atoms with E-state index >= 15 is 0 Å². The van der Waals surface area contributed by atoms with Gasteiger partial charge in [0.15, 0.2) is 9.84 Å². The molecule has 0 unspecified atom stereocenters. The number of aromatic nitrogens is 4. The van der Waals surface area contributed by atoms with Crippen LogP contribution in [0.2, 0.25) is 0 Å². The molecule has 0 saturated heterocycles. The van der Waals surface area contributed by atoms with E-state index in [1.54, 1.807) is 18.3 Å².